The van der Waals surface area contributed by atoms with E-state index >= 15 is 0 Å². The topological polar surface area (TPSA) is 61.9 Å². The molecule has 6 nitrogen and oxygen atoms in total. The van der Waals surface area contributed by atoms with Crippen molar-refractivity contribution in [2.24, 2.45) is 5.92 Å². The fraction of sp³-hybridized carbons (Fsp3) is 1.00. The summed E-state index contributed by atoms with van der Waals surface area (Å²) in [5.74, 6) is 0.596. The standard InChI is InChI=1S/C12H25N3O3S/c1-11-10-18-8-7-15(11)19(16,17)14-5-3-12(4-6-14)9-13-2/h11-13H,3-10H2,1-2H3. The predicted octanol–water partition coefficient (Wildman–Crippen LogP) is -0.117. The van der Waals surface area contributed by atoms with Crippen molar-refractivity contribution in [1.82, 2.24) is 13.9 Å². The zero-order valence-electron chi connectivity index (χ0n) is 11.8. The number of nitrogens with one attached hydrogen (secondary N) is 1. The van der Waals surface area contributed by atoms with E-state index in [-0.39, 0.29) is 6.04 Å². The van der Waals surface area contributed by atoms with Gasteiger partial charge in [0.05, 0.1) is 13.2 Å². The maximum Gasteiger partial charge on any atom is 0.282 e. The maximum atomic E-state index is 12.6. The average molecular weight is 291 g/mol. The zero-order valence-corrected chi connectivity index (χ0v) is 12.7. The Morgan fingerprint density at radius 1 is 1.26 bits per heavy atom. The molecule has 112 valence electrons. The van der Waals surface area contributed by atoms with Crippen LogP contribution in [0.5, 0.6) is 0 Å². The SMILES string of the molecule is CNCC1CCN(S(=O)(=O)N2CCOCC2C)CC1. The molecule has 2 aliphatic rings. The highest BCUT2D eigenvalue weighted by Crippen LogP contribution is 2.23. The molecule has 2 saturated heterocycles. The summed E-state index contributed by atoms with van der Waals surface area (Å²) in [6, 6.07) is -0.0613. The molecule has 0 amide bonds. The molecule has 0 aromatic carbocycles. The van der Waals surface area contributed by atoms with Crippen LogP contribution in [0.3, 0.4) is 0 Å². The smallest absolute Gasteiger partial charge is 0.282 e. The Kier molecular flexibility index (Phi) is 5.19. The summed E-state index contributed by atoms with van der Waals surface area (Å²) < 4.78 is 33.7. The molecule has 1 atom stereocenters. The van der Waals surface area contributed by atoms with Gasteiger partial charge in [0, 0.05) is 25.7 Å². The first-order valence-corrected chi connectivity index (χ1v) is 8.44. The molecule has 2 heterocycles. The van der Waals surface area contributed by atoms with Gasteiger partial charge in [0.1, 0.15) is 0 Å². The van der Waals surface area contributed by atoms with E-state index in [2.05, 4.69) is 5.32 Å². The predicted molar refractivity (Wildman–Crippen MR) is 74.1 cm³/mol. The highest BCUT2D eigenvalue weighted by molar-refractivity contribution is 7.86. The van der Waals surface area contributed by atoms with Crippen LogP contribution in [0.4, 0.5) is 0 Å². The molecule has 0 aliphatic carbocycles. The number of rotatable bonds is 4. The van der Waals surface area contributed by atoms with Gasteiger partial charge in [-0.15, -0.1) is 0 Å². The molecular formula is C12H25N3O3S. The van der Waals surface area contributed by atoms with Crippen LogP contribution < -0.4 is 5.32 Å². The second-order valence-electron chi connectivity index (χ2n) is 5.44. The van der Waals surface area contributed by atoms with E-state index in [9.17, 15) is 8.42 Å². The molecular weight excluding hydrogens is 266 g/mol. The van der Waals surface area contributed by atoms with Gasteiger partial charge < -0.3 is 10.1 Å². The minimum Gasteiger partial charge on any atom is -0.378 e. The molecule has 2 rings (SSSR count). The number of morpholine rings is 1. The van der Waals surface area contributed by atoms with Crippen molar-refractivity contribution in [3.63, 3.8) is 0 Å². The number of nitrogens with zero attached hydrogens (tertiary/aromatic N) is 2. The first-order chi connectivity index (χ1) is 9.05. The summed E-state index contributed by atoms with van der Waals surface area (Å²) in [6.45, 7) is 5.62. The number of hydrogen-bond acceptors (Lipinski definition) is 4. The lowest BCUT2D eigenvalue weighted by Crippen LogP contribution is -2.54. The van der Waals surface area contributed by atoms with Crippen LogP contribution in [0.1, 0.15) is 19.8 Å². The highest BCUT2D eigenvalue weighted by atomic mass is 32.2. The molecule has 1 unspecified atom stereocenters. The molecule has 0 bridgehead atoms. The van der Waals surface area contributed by atoms with Crippen LogP contribution in [-0.2, 0) is 14.9 Å². The van der Waals surface area contributed by atoms with Gasteiger partial charge in [0.25, 0.3) is 10.2 Å². The zero-order chi connectivity index (χ0) is 13.9. The van der Waals surface area contributed by atoms with Crippen LogP contribution in [-0.4, -0.2) is 69.5 Å². The maximum absolute atomic E-state index is 12.6. The van der Waals surface area contributed by atoms with Crippen LogP contribution in [0.2, 0.25) is 0 Å². The summed E-state index contributed by atoms with van der Waals surface area (Å²) in [4.78, 5) is 0. The molecule has 7 heteroatoms. The second-order valence-corrected chi connectivity index (χ2v) is 7.32. The Morgan fingerprint density at radius 2 is 1.95 bits per heavy atom. The van der Waals surface area contributed by atoms with Gasteiger partial charge in [-0.2, -0.15) is 17.0 Å². The van der Waals surface area contributed by atoms with E-state index < -0.39 is 10.2 Å². The molecule has 19 heavy (non-hydrogen) atoms. The second kappa shape index (κ2) is 6.49. The van der Waals surface area contributed by atoms with E-state index in [0.29, 0.717) is 38.8 Å². The molecule has 0 saturated carbocycles. The third-order valence-electron chi connectivity index (χ3n) is 4.00. The van der Waals surface area contributed by atoms with Crippen molar-refractivity contribution in [3.8, 4) is 0 Å². The van der Waals surface area contributed by atoms with E-state index in [1.165, 1.54) is 0 Å². The normalized spacial score (nSPS) is 28.6. The summed E-state index contributed by atoms with van der Waals surface area (Å²) >= 11 is 0. The van der Waals surface area contributed by atoms with Crippen molar-refractivity contribution in [3.05, 3.63) is 0 Å². The number of hydrogen-bond donors (Lipinski definition) is 1. The van der Waals surface area contributed by atoms with E-state index in [1.54, 1.807) is 8.61 Å². The lowest BCUT2D eigenvalue weighted by atomic mass is 9.98. The fourth-order valence-corrected chi connectivity index (χ4v) is 4.63. The van der Waals surface area contributed by atoms with Crippen molar-refractivity contribution < 1.29 is 13.2 Å². The van der Waals surface area contributed by atoms with Crippen LogP contribution >= 0.6 is 0 Å². The quantitative estimate of drug-likeness (QED) is 0.785. The molecule has 0 aromatic rings. The molecule has 0 radical (unpaired) electrons. The average Bonchev–Trinajstić information content (AvgIpc) is 2.40. The minimum absolute atomic E-state index is 0.0613. The highest BCUT2D eigenvalue weighted by Gasteiger charge is 2.36. The summed E-state index contributed by atoms with van der Waals surface area (Å²) in [5, 5.41) is 3.17. The Balaban J connectivity index is 1.97. The molecule has 0 aromatic heterocycles. The lowest BCUT2D eigenvalue weighted by molar-refractivity contribution is 0.0356. The number of piperidine rings is 1. The summed E-state index contributed by atoms with van der Waals surface area (Å²) in [5.41, 5.74) is 0. The molecule has 2 fully saturated rings. The minimum atomic E-state index is -3.31. The third-order valence-corrected chi connectivity index (χ3v) is 6.15. The molecule has 1 N–H and O–H groups in total. The van der Waals surface area contributed by atoms with E-state index in [4.69, 9.17) is 4.74 Å². The monoisotopic (exact) mass is 291 g/mol. The van der Waals surface area contributed by atoms with Crippen molar-refractivity contribution in [1.29, 1.82) is 0 Å². The third kappa shape index (κ3) is 3.46. The lowest BCUT2D eigenvalue weighted by Gasteiger charge is -2.38. The van der Waals surface area contributed by atoms with Crippen molar-refractivity contribution in [2.75, 3.05) is 46.4 Å². The molecule has 0 spiro atoms. The van der Waals surface area contributed by atoms with E-state index in [0.717, 1.165) is 19.4 Å². The Bertz CT molecular complexity index is 380. The summed E-state index contributed by atoms with van der Waals surface area (Å²) in [6.07, 6.45) is 1.89. The Labute approximate surface area is 116 Å². The molecule has 2 aliphatic heterocycles. The van der Waals surface area contributed by atoms with E-state index in [1.807, 2.05) is 14.0 Å². The fourth-order valence-electron chi connectivity index (χ4n) is 2.84. The summed E-state index contributed by atoms with van der Waals surface area (Å²) in [7, 11) is -1.36. The van der Waals surface area contributed by atoms with Gasteiger partial charge in [-0.05, 0) is 39.3 Å². The number of ether oxygens (including phenoxy) is 1. The van der Waals surface area contributed by atoms with Crippen LogP contribution in [0.15, 0.2) is 0 Å². The van der Waals surface area contributed by atoms with Gasteiger partial charge in [0.2, 0.25) is 0 Å². The van der Waals surface area contributed by atoms with Gasteiger partial charge in [-0.1, -0.05) is 0 Å². The van der Waals surface area contributed by atoms with Crippen molar-refractivity contribution >= 4 is 10.2 Å². The van der Waals surface area contributed by atoms with Crippen molar-refractivity contribution in [2.45, 2.75) is 25.8 Å². The first kappa shape index (κ1) is 15.2. The van der Waals surface area contributed by atoms with Gasteiger partial charge in [-0.25, -0.2) is 0 Å². The van der Waals surface area contributed by atoms with Crippen LogP contribution in [0, 0.1) is 5.92 Å². The largest absolute Gasteiger partial charge is 0.378 e. The first-order valence-electron chi connectivity index (χ1n) is 7.05. The van der Waals surface area contributed by atoms with Gasteiger partial charge >= 0.3 is 0 Å². The van der Waals surface area contributed by atoms with Gasteiger partial charge in [-0.3, -0.25) is 0 Å². The Hall–Kier alpha value is -0.210. The Morgan fingerprint density at radius 3 is 2.53 bits per heavy atom. The van der Waals surface area contributed by atoms with Crippen LogP contribution in [0.25, 0.3) is 0 Å². The van der Waals surface area contributed by atoms with Gasteiger partial charge in [0.15, 0.2) is 0 Å².